The molecule has 0 saturated carbocycles. The standard InChI is InChI=1S/C23H19N3O3S2/c1-14-7-9-18(10-8-14)24-15(2)11-17(16(24)3)12-21-22(27)25(23(30)31-21)19-5-4-6-20(13-19)26(28)29/h4-13H,1-3H3. The summed E-state index contributed by atoms with van der Waals surface area (Å²) in [5.74, 6) is -0.282. The third kappa shape index (κ3) is 3.92. The lowest BCUT2D eigenvalue weighted by Gasteiger charge is -2.14. The van der Waals surface area contributed by atoms with E-state index in [1.165, 1.54) is 34.4 Å². The molecule has 3 aromatic rings. The number of thioether (sulfide) groups is 1. The van der Waals surface area contributed by atoms with Crippen LogP contribution in [-0.4, -0.2) is 19.7 Å². The van der Waals surface area contributed by atoms with Gasteiger partial charge in [-0.15, -0.1) is 0 Å². The van der Waals surface area contributed by atoms with E-state index >= 15 is 0 Å². The number of thiocarbonyl (C=S) groups is 1. The number of aryl methyl sites for hydroxylation is 2. The highest BCUT2D eigenvalue weighted by molar-refractivity contribution is 8.27. The molecule has 1 saturated heterocycles. The molecule has 0 bridgehead atoms. The van der Waals surface area contributed by atoms with Crippen LogP contribution in [0.3, 0.4) is 0 Å². The number of hydrogen-bond donors (Lipinski definition) is 0. The minimum Gasteiger partial charge on any atom is -0.318 e. The van der Waals surface area contributed by atoms with Gasteiger partial charge in [0.1, 0.15) is 0 Å². The molecule has 1 aliphatic rings. The second-order valence-electron chi connectivity index (χ2n) is 7.29. The van der Waals surface area contributed by atoms with E-state index in [0.29, 0.717) is 14.9 Å². The first kappa shape index (κ1) is 21.0. The molecule has 0 spiro atoms. The highest BCUT2D eigenvalue weighted by Gasteiger charge is 2.34. The van der Waals surface area contributed by atoms with Gasteiger partial charge in [0.05, 0.1) is 15.5 Å². The second-order valence-corrected chi connectivity index (χ2v) is 8.97. The van der Waals surface area contributed by atoms with Crippen LogP contribution < -0.4 is 4.90 Å². The number of hydrogen-bond acceptors (Lipinski definition) is 5. The smallest absolute Gasteiger partial charge is 0.271 e. The van der Waals surface area contributed by atoms with Gasteiger partial charge in [-0.3, -0.25) is 19.8 Å². The maximum absolute atomic E-state index is 13.1. The Labute approximate surface area is 189 Å². The minimum absolute atomic E-state index is 0.0860. The quantitative estimate of drug-likeness (QED) is 0.221. The van der Waals surface area contributed by atoms with Crippen LogP contribution in [0.1, 0.15) is 22.5 Å². The van der Waals surface area contributed by atoms with Crippen LogP contribution in [0.2, 0.25) is 0 Å². The molecular formula is C23H19N3O3S2. The molecule has 1 aromatic heterocycles. The summed E-state index contributed by atoms with van der Waals surface area (Å²) < 4.78 is 2.50. The van der Waals surface area contributed by atoms with Crippen molar-refractivity contribution in [1.82, 2.24) is 4.57 Å². The number of nitro benzene ring substituents is 1. The van der Waals surface area contributed by atoms with E-state index in [1.54, 1.807) is 12.1 Å². The van der Waals surface area contributed by atoms with E-state index in [2.05, 4.69) is 28.8 Å². The molecule has 2 aromatic carbocycles. The number of nitrogens with zero attached hydrogens (tertiary/aromatic N) is 3. The van der Waals surface area contributed by atoms with Crippen molar-refractivity contribution in [3.8, 4) is 5.69 Å². The van der Waals surface area contributed by atoms with Crippen LogP contribution in [0, 0.1) is 30.9 Å². The van der Waals surface area contributed by atoms with E-state index in [9.17, 15) is 14.9 Å². The Hall–Kier alpha value is -3.23. The van der Waals surface area contributed by atoms with E-state index in [4.69, 9.17) is 12.2 Å². The summed E-state index contributed by atoms with van der Waals surface area (Å²) in [6, 6.07) is 16.2. The maximum Gasteiger partial charge on any atom is 0.271 e. The molecule has 2 heterocycles. The zero-order valence-electron chi connectivity index (χ0n) is 17.2. The van der Waals surface area contributed by atoms with Crippen molar-refractivity contribution in [2.45, 2.75) is 20.8 Å². The van der Waals surface area contributed by atoms with Gasteiger partial charge in [0.25, 0.3) is 11.6 Å². The van der Waals surface area contributed by atoms with Gasteiger partial charge < -0.3 is 4.57 Å². The Morgan fingerprint density at radius 3 is 2.42 bits per heavy atom. The fourth-order valence-electron chi connectivity index (χ4n) is 3.60. The Bertz CT molecular complexity index is 1260. The van der Waals surface area contributed by atoms with E-state index in [1.807, 2.05) is 32.9 Å². The molecule has 0 atom stereocenters. The van der Waals surface area contributed by atoms with Crippen molar-refractivity contribution in [2.75, 3.05) is 4.90 Å². The number of carbonyl (C=O) groups excluding carboxylic acids is 1. The molecule has 156 valence electrons. The van der Waals surface area contributed by atoms with Gasteiger partial charge in [0, 0.05) is 29.2 Å². The Balaban J connectivity index is 1.69. The molecule has 1 aliphatic heterocycles. The Morgan fingerprint density at radius 1 is 1.03 bits per heavy atom. The average Bonchev–Trinajstić information content (AvgIpc) is 3.17. The Kier molecular flexibility index (Phi) is 5.51. The molecule has 1 fully saturated rings. The van der Waals surface area contributed by atoms with Crippen LogP contribution in [0.5, 0.6) is 0 Å². The second kappa shape index (κ2) is 8.13. The first-order valence-electron chi connectivity index (χ1n) is 9.54. The summed E-state index contributed by atoms with van der Waals surface area (Å²) in [7, 11) is 0. The van der Waals surface area contributed by atoms with Gasteiger partial charge in [-0.05, 0) is 56.7 Å². The maximum atomic E-state index is 13.1. The lowest BCUT2D eigenvalue weighted by atomic mass is 10.2. The number of aromatic nitrogens is 1. The van der Waals surface area contributed by atoms with Crippen molar-refractivity contribution in [2.24, 2.45) is 0 Å². The van der Waals surface area contributed by atoms with Crippen LogP contribution in [-0.2, 0) is 4.79 Å². The summed E-state index contributed by atoms with van der Waals surface area (Å²) in [5, 5.41) is 11.1. The number of carbonyl (C=O) groups is 1. The van der Waals surface area contributed by atoms with Crippen LogP contribution in [0.15, 0.2) is 59.5 Å². The van der Waals surface area contributed by atoms with Gasteiger partial charge in [-0.25, -0.2) is 0 Å². The molecule has 0 radical (unpaired) electrons. The van der Waals surface area contributed by atoms with Gasteiger partial charge >= 0.3 is 0 Å². The number of benzene rings is 2. The first-order chi connectivity index (χ1) is 14.8. The zero-order valence-corrected chi connectivity index (χ0v) is 18.8. The normalized spacial score (nSPS) is 15.2. The van der Waals surface area contributed by atoms with E-state index in [-0.39, 0.29) is 11.6 Å². The Morgan fingerprint density at radius 2 is 1.74 bits per heavy atom. The first-order valence-corrected chi connectivity index (χ1v) is 10.8. The fraction of sp³-hybridized carbons (Fsp3) is 0.130. The van der Waals surface area contributed by atoms with Crippen LogP contribution >= 0.6 is 24.0 Å². The van der Waals surface area contributed by atoms with E-state index < -0.39 is 4.92 Å². The molecule has 0 N–H and O–H groups in total. The summed E-state index contributed by atoms with van der Waals surface area (Å²) in [6.45, 7) is 6.09. The topological polar surface area (TPSA) is 68.4 Å². The van der Waals surface area contributed by atoms with Crippen LogP contribution in [0.25, 0.3) is 11.8 Å². The molecule has 0 aliphatic carbocycles. The SMILES string of the molecule is Cc1ccc(-n2c(C)cc(C=C3SC(=S)N(c4cccc([N+](=O)[O-])c4)C3=O)c2C)cc1. The third-order valence-corrected chi connectivity index (χ3v) is 6.44. The van der Waals surface area contributed by atoms with Crippen LogP contribution in [0.4, 0.5) is 11.4 Å². The number of non-ortho nitro benzene ring substituents is 1. The van der Waals surface area contributed by atoms with Gasteiger partial charge in [0.15, 0.2) is 4.32 Å². The lowest BCUT2D eigenvalue weighted by Crippen LogP contribution is -2.27. The summed E-state index contributed by atoms with van der Waals surface area (Å²) >= 11 is 6.60. The molecule has 31 heavy (non-hydrogen) atoms. The predicted octanol–water partition coefficient (Wildman–Crippen LogP) is 5.72. The van der Waals surface area contributed by atoms with Gasteiger partial charge in [-0.2, -0.15) is 0 Å². The van der Waals surface area contributed by atoms with E-state index in [0.717, 1.165) is 22.6 Å². The number of nitro groups is 1. The largest absolute Gasteiger partial charge is 0.318 e. The minimum atomic E-state index is -0.489. The summed E-state index contributed by atoms with van der Waals surface area (Å²) in [5.41, 5.74) is 5.56. The van der Waals surface area contributed by atoms with Crippen molar-refractivity contribution < 1.29 is 9.72 Å². The van der Waals surface area contributed by atoms with Crippen molar-refractivity contribution in [3.05, 3.63) is 92.1 Å². The predicted molar refractivity (Wildman–Crippen MR) is 129 cm³/mol. The van der Waals surface area contributed by atoms with Gasteiger partial charge in [-0.1, -0.05) is 47.7 Å². The molecule has 8 heteroatoms. The number of anilines is 1. The third-order valence-electron chi connectivity index (χ3n) is 5.14. The zero-order chi connectivity index (χ0) is 22.3. The van der Waals surface area contributed by atoms with Crippen molar-refractivity contribution >= 4 is 51.7 Å². The number of amides is 1. The average molecular weight is 450 g/mol. The molecular weight excluding hydrogens is 430 g/mol. The number of rotatable bonds is 4. The van der Waals surface area contributed by atoms with Crippen molar-refractivity contribution in [3.63, 3.8) is 0 Å². The highest BCUT2D eigenvalue weighted by Crippen LogP contribution is 2.37. The summed E-state index contributed by atoms with van der Waals surface area (Å²) in [6.07, 6.45) is 1.84. The molecule has 1 amide bonds. The monoisotopic (exact) mass is 449 g/mol. The fourth-order valence-corrected chi connectivity index (χ4v) is 4.89. The molecule has 6 nitrogen and oxygen atoms in total. The molecule has 4 rings (SSSR count). The highest BCUT2D eigenvalue weighted by atomic mass is 32.2. The summed E-state index contributed by atoms with van der Waals surface area (Å²) in [4.78, 5) is 25.5. The molecule has 0 unspecified atom stereocenters. The van der Waals surface area contributed by atoms with Crippen molar-refractivity contribution in [1.29, 1.82) is 0 Å². The lowest BCUT2D eigenvalue weighted by molar-refractivity contribution is -0.384. The van der Waals surface area contributed by atoms with Gasteiger partial charge in [0.2, 0.25) is 0 Å².